The smallest absolute Gasteiger partial charge is 0.154 e. The van der Waals surface area contributed by atoms with Gasteiger partial charge in [-0.25, -0.2) is 5.01 Å². The molecule has 0 saturated heterocycles. The first-order valence-electron chi connectivity index (χ1n) is 3.61. The van der Waals surface area contributed by atoms with Crippen LogP contribution in [0.25, 0.3) is 0 Å². The molecule has 0 radical (unpaired) electrons. The summed E-state index contributed by atoms with van der Waals surface area (Å²) in [5.41, 5.74) is 10.0. The van der Waals surface area contributed by atoms with Gasteiger partial charge in [0.05, 0.1) is 5.69 Å². The van der Waals surface area contributed by atoms with Crippen LogP contribution >= 0.6 is 0 Å². The molecule has 0 spiro atoms. The number of nitrogens with one attached hydrogen (secondary N) is 1. The van der Waals surface area contributed by atoms with Gasteiger partial charge in [0, 0.05) is 5.69 Å². The van der Waals surface area contributed by atoms with Gasteiger partial charge >= 0.3 is 0 Å². The first-order chi connectivity index (χ1) is 5.86. The minimum atomic E-state index is 0.546. The first kappa shape index (κ1) is 6.90. The second kappa shape index (κ2) is 2.69. The fourth-order valence-electron chi connectivity index (χ4n) is 1.01. The summed E-state index contributed by atoms with van der Waals surface area (Å²) in [6, 6.07) is 7.52. The van der Waals surface area contributed by atoms with Crippen molar-refractivity contribution in [1.82, 2.24) is 5.53 Å². The summed E-state index contributed by atoms with van der Waals surface area (Å²) in [5, 5.41) is 9.22. The fraction of sp³-hybridized carbons (Fsp3) is 0.143. The highest BCUT2D eigenvalue weighted by Crippen LogP contribution is 2.15. The van der Waals surface area contributed by atoms with Crippen molar-refractivity contribution in [3.63, 3.8) is 0 Å². The number of hydrogen-bond donors (Lipinski definition) is 2. The van der Waals surface area contributed by atoms with E-state index >= 15 is 0 Å². The van der Waals surface area contributed by atoms with Crippen molar-refractivity contribution >= 4 is 11.4 Å². The molecule has 12 heavy (non-hydrogen) atoms. The SMILES string of the molecule is Nc1ccc(N2CN=NN2)cc1. The number of nitrogen functional groups attached to an aromatic ring is 1. The Labute approximate surface area is 69.8 Å². The van der Waals surface area contributed by atoms with Gasteiger partial charge in [0.2, 0.25) is 0 Å². The third kappa shape index (κ3) is 1.16. The van der Waals surface area contributed by atoms with Crippen molar-refractivity contribution in [1.29, 1.82) is 0 Å². The molecular formula is C7H9N5. The largest absolute Gasteiger partial charge is 0.399 e. The lowest BCUT2D eigenvalue weighted by atomic mass is 10.3. The Hall–Kier alpha value is -1.78. The summed E-state index contributed by atoms with van der Waals surface area (Å²) in [4.78, 5) is 0. The van der Waals surface area contributed by atoms with Crippen LogP contribution in [0.5, 0.6) is 0 Å². The van der Waals surface area contributed by atoms with Crippen LogP contribution in [-0.4, -0.2) is 6.67 Å². The van der Waals surface area contributed by atoms with Gasteiger partial charge < -0.3 is 5.73 Å². The van der Waals surface area contributed by atoms with Crippen molar-refractivity contribution in [3.8, 4) is 0 Å². The molecule has 0 amide bonds. The Bertz CT molecular complexity index is 283. The molecule has 0 fully saturated rings. The molecule has 5 nitrogen and oxygen atoms in total. The average Bonchev–Trinajstić information content (AvgIpc) is 2.58. The van der Waals surface area contributed by atoms with Crippen LogP contribution in [0.3, 0.4) is 0 Å². The quantitative estimate of drug-likeness (QED) is 0.605. The van der Waals surface area contributed by atoms with Crippen molar-refractivity contribution in [3.05, 3.63) is 24.3 Å². The van der Waals surface area contributed by atoms with Gasteiger partial charge in [-0.15, -0.1) is 5.11 Å². The van der Waals surface area contributed by atoms with E-state index in [9.17, 15) is 0 Å². The number of hydrazine groups is 1. The molecule has 1 aliphatic rings. The predicted octanol–water partition coefficient (Wildman–Crippen LogP) is 0.918. The molecule has 3 N–H and O–H groups in total. The van der Waals surface area contributed by atoms with Crippen LogP contribution in [0.15, 0.2) is 34.6 Å². The number of nitrogens with two attached hydrogens (primary N) is 1. The van der Waals surface area contributed by atoms with Gasteiger partial charge in [-0.1, -0.05) is 5.22 Å². The van der Waals surface area contributed by atoms with Crippen LogP contribution in [0.1, 0.15) is 0 Å². The normalized spacial score (nSPS) is 14.8. The zero-order chi connectivity index (χ0) is 8.39. The fourth-order valence-corrected chi connectivity index (χ4v) is 1.01. The molecule has 0 atom stereocenters. The van der Waals surface area contributed by atoms with E-state index in [0.29, 0.717) is 6.67 Å². The molecule has 0 saturated carbocycles. The molecule has 0 aromatic heterocycles. The minimum Gasteiger partial charge on any atom is -0.399 e. The summed E-state index contributed by atoms with van der Waals surface area (Å²) in [6.45, 7) is 0.546. The van der Waals surface area contributed by atoms with Crippen molar-refractivity contribution in [2.75, 3.05) is 17.4 Å². The molecule has 1 heterocycles. The summed E-state index contributed by atoms with van der Waals surface area (Å²) in [5.74, 6) is 0. The van der Waals surface area contributed by atoms with E-state index in [1.54, 1.807) is 0 Å². The Morgan fingerprint density at radius 3 is 2.67 bits per heavy atom. The zero-order valence-electron chi connectivity index (χ0n) is 6.44. The highest BCUT2D eigenvalue weighted by molar-refractivity contribution is 5.52. The van der Waals surface area contributed by atoms with Crippen LogP contribution < -0.4 is 16.3 Å². The monoisotopic (exact) mass is 163 g/mol. The highest BCUT2D eigenvalue weighted by atomic mass is 15.8. The topological polar surface area (TPSA) is 66.0 Å². The van der Waals surface area contributed by atoms with Crippen LogP contribution in [0, 0.1) is 0 Å². The summed E-state index contributed by atoms with van der Waals surface area (Å²) in [6.07, 6.45) is 0. The third-order valence-electron chi connectivity index (χ3n) is 1.65. The van der Waals surface area contributed by atoms with Crippen LogP contribution in [0.4, 0.5) is 11.4 Å². The molecule has 1 aromatic rings. The Morgan fingerprint density at radius 1 is 1.33 bits per heavy atom. The lowest BCUT2D eigenvalue weighted by Crippen LogP contribution is -2.29. The van der Waals surface area contributed by atoms with Crippen molar-refractivity contribution < 1.29 is 0 Å². The molecule has 1 aromatic carbocycles. The number of benzene rings is 1. The van der Waals surface area contributed by atoms with Crippen molar-refractivity contribution in [2.24, 2.45) is 10.3 Å². The second-order valence-electron chi connectivity index (χ2n) is 2.50. The maximum atomic E-state index is 5.54. The molecule has 1 aliphatic heterocycles. The maximum absolute atomic E-state index is 5.54. The number of hydrogen-bond acceptors (Lipinski definition) is 5. The summed E-state index contributed by atoms with van der Waals surface area (Å²) >= 11 is 0. The van der Waals surface area contributed by atoms with Gasteiger partial charge in [-0.05, 0) is 24.3 Å². The van der Waals surface area contributed by atoms with Crippen LogP contribution in [-0.2, 0) is 0 Å². The van der Waals surface area contributed by atoms with E-state index in [-0.39, 0.29) is 0 Å². The molecule has 0 unspecified atom stereocenters. The Balaban J connectivity index is 2.18. The van der Waals surface area contributed by atoms with E-state index in [4.69, 9.17) is 5.73 Å². The van der Waals surface area contributed by atoms with Gasteiger partial charge in [-0.3, -0.25) is 0 Å². The number of rotatable bonds is 1. The number of nitrogens with zero attached hydrogens (tertiary/aromatic N) is 3. The van der Waals surface area contributed by atoms with E-state index in [0.717, 1.165) is 11.4 Å². The third-order valence-corrected chi connectivity index (χ3v) is 1.65. The van der Waals surface area contributed by atoms with Gasteiger partial charge in [-0.2, -0.15) is 5.53 Å². The van der Waals surface area contributed by atoms with E-state index in [2.05, 4.69) is 15.9 Å². The van der Waals surface area contributed by atoms with Gasteiger partial charge in [0.15, 0.2) is 6.67 Å². The number of anilines is 2. The summed E-state index contributed by atoms with van der Waals surface area (Å²) < 4.78 is 0. The molecule has 62 valence electrons. The zero-order valence-corrected chi connectivity index (χ0v) is 6.44. The second-order valence-corrected chi connectivity index (χ2v) is 2.50. The molecular weight excluding hydrogens is 154 g/mol. The maximum Gasteiger partial charge on any atom is 0.154 e. The first-order valence-corrected chi connectivity index (χ1v) is 3.61. The lowest BCUT2D eigenvalue weighted by Gasteiger charge is -2.14. The molecule has 2 rings (SSSR count). The molecule has 5 heteroatoms. The van der Waals surface area contributed by atoms with E-state index in [1.807, 2.05) is 29.3 Å². The summed E-state index contributed by atoms with van der Waals surface area (Å²) in [7, 11) is 0. The van der Waals surface area contributed by atoms with Gasteiger partial charge in [0.25, 0.3) is 0 Å². The minimum absolute atomic E-state index is 0.546. The Kier molecular flexibility index (Phi) is 1.55. The standard InChI is InChI=1S/C7H9N5/c8-6-1-3-7(4-2-6)12-5-9-10-11-12/h1-4H,5,8H2,(H,9,11). The predicted molar refractivity (Wildman–Crippen MR) is 46.2 cm³/mol. The van der Waals surface area contributed by atoms with Crippen molar-refractivity contribution in [2.45, 2.75) is 0 Å². The average molecular weight is 163 g/mol. The highest BCUT2D eigenvalue weighted by Gasteiger charge is 2.07. The molecule has 0 aliphatic carbocycles. The lowest BCUT2D eigenvalue weighted by molar-refractivity contribution is 0.749. The van der Waals surface area contributed by atoms with E-state index in [1.165, 1.54) is 0 Å². The van der Waals surface area contributed by atoms with Gasteiger partial charge in [0.1, 0.15) is 0 Å². The Morgan fingerprint density at radius 2 is 2.08 bits per heavy atom. The van der Waals surface area contributed by atoms with Crippen LogP contribution in [0.2, 0.25) is 0 Å². The molecule has 0 bridgehead atoms. The van der Waals surface area contributed by atoms with E-state index < -0.39 is 0 Å².